The molecule has 3 aliphatic rings. The molecule has 0 spiro atoms. The van der Waals surface area contributed by atoms with Crippen molar-refractivity contribution in [1.29, 1.82) is 0 Å². The van der Waals surface area contributed by atoms with E-state index in [2.05, 4.69) is 19.2 Å². The number of alkyl carbamates (subject to hydrolysis) is 1. The summed E-state index contributed by atoms with van der Waals surface area (Å²) in [5.74, 6) is -0.999. The number of ether oxygens (including phenoxy) is 1. The predicted octanol–water partition coefficient (Wildman–Crippen LogP) is 3.03. The van der Waals surface area contributed by atoms with Gasteiger partial charge in [-0.3, -0.25) is 4.79 Å². The van der Waals surface area contributed by atoms with Crippen LogP contribution in [0.2, 0.25) is 0 Å². The molecule has 7 heteroatoms. The number of aliphatic carboxylic acids is 1. The lowest BCUT2D eigenvalue weighted by atomic mass is 9.83. The molecule has 7 nitrogen and oxygen atoms in total. The van der Waals surface area contributed by atoms with Crippen LogP contribution in [0.3, 0.4) is 0 Å². The Hall–Kier alpha value is -1.79. The fourth-order valence-corrected chi connectivity index (χ4v) is 5.26. The molecule has 1 saturated heterocycles. The second-order valence-electron chi connectivity index (χ2n) is 10.2. The van der Waals surface area contributed by atoms with Crippen LogP contribution < -0.4 is 5.32 Å². The van der Waals surface area contributed by atoms with Crippen molar-refractivity contribution >= 4 is 18.0 Å². The Bertz CT molecular complexity index is 648. The Labute approximate surface area is 167 Å². The lowest BCUT2D eigenvalue weighted by Crippen LogP contribution is -2.57. The van der Waals surface area contributed by atoms with Crippen molar-refractivity contribution in [2.24, 2.45) is 23.2 Å². The fraction of sp³-hybridized carbons (Fsp3) is 0.857. The van der Waals surface area contributed by atoms with E-state index in [4.69, 9.17) is 4.74 Å². The first-order chi connectivity index (χ1) is 12.9. The highest BCUT2D eigenvalue weighted by Crippen LogP contribution is 2.64. The summed E-state index contributed by atoms with van der Waals surface area (Å²) in [6.45, 7) is 9.92. The normalized spacial score (nSPS) is 30.3. The number of carbonyl (C=O) groups excluding carboxylic acids is 2. The molecule has 158 valence electrons. The number of carbonyl (C=O) groups is 3. The van der Waals surface area contributed by atoms with E-state index in [1.54, 1.807) is 20.8 Å². The van der Waals surface area contributed by atoms with Crippen LogP contribution in [0.5, 0.6) is 0 Å². The number of piperidine rings is 1. The average molecular weight is 395 g/mol. The second kappa shape index (κ2) is 7.23. The molecular formula is C21H34N2O5. The maximum atomic E-state index is 13.4. The minimum absolute atomic E-state index is 0.0116. The quantitative estimate of drug-likeness (QED) is 0.764. The minimum atomic E-state index is -0.953. The van der Waals surface area contributed by atoms with Gasteiger partial charge in [0.25, 0.3) is 0 Å². The summed E-state index contributed by atoms with van der Waals surface area (Å²) in [4.78, 5) is 39.3. The van der Waals surface area contributed by atoms with Crippen LogP contribution in [-0.2, 0) is 14.3 Å². The number of likely N-dealkylation sites (tertiary alicyclic amines) is 1. The van der Waals surface area contributed by atoms with E-state index in [0.717, 1.165) is 32.1 Å². The third kappa shape index (κ3) is 3.98. The first-order valence-electron chi connectivity index (χ1n) is 10.5. The van der Waals surface area contributed by atoms with Crippen LogP contribution in [0.4, 0.5) is 4.79 Å². The van der Waals surface area contributed by atoms with Crippen molar-refractivity contribution in [3.8, 4) is 0 Å². The molecule has 1 unspecified atom stereocenters. The van der Waals surface area contributed by atoms with E-state index >= 15 is 0 Å². The molecule has 1 aliphatic heterocycles. The van der Waals surface area contributed by atoms with Gasteiger partial charge in [0.1, 0.15) is 17.7 Å². The third-order valence-corrected chi connectivity index (χ3v) is 6.80. The summed E-state index contributed by atoms with van der Waals surface area (Å²) in [6.07, 6.45) is 4.26. The van der Waals surface area contributed by atoms with E-state index in [1.807, 2.05) is 0 Å². The monoisotopic (exact) mass is 394 g/mol. The number of hydrogen-bond donors (Lipinski definition) is 2. The Kier molecular flexibility index (Phi) is 5.40. The zero-order valence-corrected chi connectivity index (χ0v) is 17.7. The number of amides is 2. The van der Waals surface area contributed by atoms with Crippen LogP contribution in [0.15, 0.2) is 0 Å². The van der Waals surface area contributed by atoms with Crippen molar-refractivity contribution in [3.05, 3.63) is 0 Å². The van der Waals surface area contributed by atoms with Crippen LogP contribution in [0.1, 0.15) is 66.7 Å². The van der Waals surface area contributed by atoms with Gasteiger partial charge in [-0.2, -0.15) is 0 Å². The Morgan fingerprint density at radius 3 is 2.29 bits per heavy atom. The van der Waals surface area contributed by atoms with Gasteiger partial charge >= 0.3 is 12.1 Å². The highest BCUT2D eigenvalue weighted by molar-refractivity contribution is 5.91. The van der Waals surface area contributed by atoms with Gasteiger partial charge in [-0.1, -0.05) is 33.1 Å². The summed E-state index contributed by atoms with van der Waals surface area (Å²) in [6, 6.07) is -1.53. The minimum Gasteiger partial charge on any atom is -0.480 e. The van der Waals surface area contributed by atoms with Crippen LogP contribution >= 0.6 is 0 Å². The Morgan fingerprint density at radius 1 is 1.14 bits per heavy atom. The Morgan fingerprint density at radius 2 is 1.75 bits per heavy atom. The summed E-state index contributed by atoms with van der Waals surface area (Å²) in [5, 5.41) is 12.6. The molecule has 0 aromatic heterocycles. The molecule has 28 heavy (non-hydrogen) atoms. The van der Waals surface area contributed by atoms with Gasteiger partial charge in [0, 0.05) is 12.5 Å². The van der Waals surface area contributed by atoms with Crippen molar-refractivity contribution in [1.82, 2.24) is 10.2 Å². The van der Waals surface area contributed by atoms with E-state index in [0.29, 0.717) is 6.54 Å². The number of rotatable bonds is 4. The largest absolute Gasteiger partial charge is 0.480 e. The zero-order chi connectivity index (χ0) is 20.9. The number of carboxylic acids is 1. The summed E-state index contributed by atoms with van der Waals surface area (Å²) in [5.41, 5.74) is -0.702. The maximum absolute atomic E-state index is 13.4. The molecule has 2 saturated carbocycles. The summed E-state index contributed by atoms with van der Waals surface area (Å²) >= 11 is 0. The summed E-state index contributed by atoms with van der Waals surface area (Å²) in [7, 11) is 0. The van der Waals surface area contributed by atoms with Crippen molar-refractivity contribution in [3.63, 3.8) is 0 Å². The number of nitrogens with zero attached hydrogens (tertiary/aromatic N) is 1. The van der Waals surface area contributed by atoms with Crippen molar-refractivity contribution < 1.29 is 24.2 Å². The average Bonchev–Trinajstić information content (AvgIpc) is 2.95. The maximum Gasteiger partial charge on any atom is 0.408 e. The van der Waals surface area contributed by atoms with Crippen molar-refractivity contribution in [2.75, 3.05) is 6.54 Å². The molecule has 0 radical (unpaired) electrons. The van der Waals surface area contributed by atoms with E-state index in [-0.39, 0.29) is 29.1 Å². The number of nitrogens with one attached hydrogen (secondary N) is 1. The number of fused-ring (bicyclic) bond motifs is 1. The van der Waals surface area contributed by atoms with Gasteiger partial charge in [-0.25, -0.2) is 9.59 Å². The SMILES string of the molecule is CC(C)(C)OC(=O)N[C@H](C(=O)N1CC2[C@@H]([C@H]1C(=O)O)C2(C)C)C1CCCCC1. The summed E-state index contributed by atoms with van der Waals surface area (Å²) < 4.78 is 5.37. The molecular weight excluding hydrogens is 360 g/mol. The molecule has 3 fully saturated rings. The highest BCUT2D eigenvalue weighted by atomic mass is 16.6. The molecule has 2 amide bonds. The molecule has 3 rings (SSSR count). The second-order valence-corrected chi connectivity index (χ2v) is 10.2. The van der Waals surface area contributed by atoms with Gasteiger partial charge in [0.15, 0.2) is 0 Å². The van der Waals surface area contributed by atoms with E-state index < -0.39 is 29.7 Å². The van der Waals surface area contributed by atoms with Gasteiger partial charge < -0.3 is 20.1 Å². The van der Waals surface area contributed by atoms with Crippen molar-refractivity contribution in [2.45, 2.75) is 84.4 Å². The topological polar surface area (TPSA) is 95.9 Å². The molecule has 1 heterocycles. The van der Waals surface area contributed by atoms with Gasteiger partial charge in [0.2, 0.25) is 5.91 Å². The first kappa shape index (κ1) is 20.9. The lowest BCUT2D eigenvalue weighted by molar-refractivity contribution is -0.151. The number of hydrogen-bond acceptors (Lipinski definition) is 4. The van der Waals surface area contributed by atoms with Crippen LogP contribution in [-0.4, -0.2) is 52.2 Å². The van der Waals surface area contributed by atoms with E-state index in [9.17, 15) is 19.5 Å². The molecule has 4 atom stereocenters. The van der Waals surface area contributed by atoms with Crippen LogP contribution in [0.25, 0.3) is 0 Å². The third-order valence-electron chi connectivity index (χ3n) is 6.80. The molecule has 0 aromatic carbocycles. The lowest BCUT2D eigenvalue weighted by Gasteiger charge is -2.36. The van der Waals surface area contributed by atoms with E-state index in [1.165, 1.54) is 4.90 Å². The predicted molar refractivity (Wildman–Crippen MR) is 104 cm³/mol. The molecule has 2 N–H and O–H groups in total. The Balaban J connectivity index is 1.78. The smallest absolute Gasteiger partial charge is 0.408 e. The molecule has 0 aromatic rings. The van der Waals surface area contributed by atoms with Gasteiger partial charge in [-0.15, -0.1) is 0 Å². The van der Waals surface area contributed by atoms with Gasteiger partial charge in [0.05, 0.1) is 0 Å². The standard InChI is InChI=1S/C21H34N2O5/c1-20(2,3)28-19(27)22-15(12-9-7-6-8-10-12)17(24)23-11-13-14(21(13,4)5)16(23)18(25)26/h12-16H,6-11H2,1-5H3,(H,22,27)(H,25,26)/t13?,14-,15-,16-/m0/s1. The van der Waals surface area contributed by atoms with Gasteiger partial charge in [-0.05, 0) is 50.9 Å². The molecule has 0 bridgehead atoms. The number of carboxylic acid groups (broad SMARTS) is 1. The highest BCUT2D eigenvalue weighted by Gasteiger charge is 2.70. The molecule has 2 aliphatic carbocycles. The zero-order valence-electron chi connectivity index (χ0n) is 17.7. The fourth-order valence-electron chi connectivity index (χ4n) is 5.26. The first-order valence-corrected chi connectivity index (χ1v) is 10.5. The van der Waals surface area contributed by atoms with Crippen LogP contribution in [0, 0.1) is 23.2 Å².